The van der Waals surface area contributed by atoms with Crippen LogP contribution in [0.1, 0.15) is 45.4 Å². The van der Waals surface area contributed by atoms with Crippen molar-refractivity contribution in [2.45, 2.75) is 45.4 Å². The first-order valence-electron chi connectivity index (χ1n) is 9.24. The summed E-state index contributed by atoms with van der Waals surface area (Å²) in [7, 11) is 0. The number of carbonyl (C=O) groups excluding carboxylic acids is 2. The molecule has 1 aromatic rings. The molecule has 2 aliphatic heterocycles. The van der Waals surface area contributed by atoms with Crippen LogP contribution in [-0.2, 0) is 9.59 Å². The summed E-state index contributed by atoms with van der Waals surface area (Å²) in [6, 6.07) is 0. The summed E-state index contributed by atoms with van der Waals surface area (Å²) in [5.74, 6) is 1.51. The summed E-state index contributed by atoms with van der Waals surface area (Å²) in [4.78, 5) is 36.2. The minimum Gasteiger partial charge on any atom is -0.355 e. The minimum absolute atomic E-state index is 0.0178. The second-order valence-corrected chi connectivity index (χ2v) is 6.99. The lowest BCUT2D eigenvalue weighted by molar-refractivity contribution is -0.130. The SMILES string of the molecule is CC(=O)N1CCC(CCC(=O)Nc2cncnc2N2CCCC2)CC1. The van der Waals surface area contributed by atoms with Crippen LogP contribution in [0.4, 0.5) is 11.5 Å². The Kier molecular flexibility index (Phi) is 5.83. The summed E-state index contributed by atoms with van der Waals surface area (Å²) >= 11 is 0. The van der Waals surface area contributed by atoms with Crippen LogP contribution in [0.25, 0.3) is 0 Å². The first-order valence-corrected chi connectivity index (χ1v) is 9.24. The molecule has 3 rings (SSSR count). The molecule has 0 saturated carbocycles. The zero-order chi connectivity index (χ0) is 17.6. The van der Waals surface area contributed by atoms with Crippen LogP contribution in [0, 0.1) is 5.92 Å². The number of anilines is 2. The molecule has 0 bridgehead atoms. The summed E-state index contributed by atoms with van der Waals surface area (Å²) < 4.78 is 0. The largest absolute Gasteiger partial charge is 0.355 e. The smallest absolute Gasteiger partial charge is 0.224 e. The van der Waals surface area contributed by atoms with Gasteiger partial charge in [-0.1, -0.05) is 0 Å². The molecule has 1 N–H and O–H groups in total. The molecule has 136 valence electrons. The third-order valence-electron chi connectivity index (χ3n) is 5.21. The van der Waals surface area contributed by atoms with Crippen molar-refractivity contribution in [1.82, 2.24) is 14.9 Å². The zero-order valence-electron chi connectivity index (χ0n) is 14.9. The average Bonchev–Trinajstić information content (AvgIpc) is 3.15. The highest BCUT2D eigenvalue weighted by Gasteiger charge is 2.22. The van der Waals surface area contributed by atoms with E-state index in [1.54, 1.807) is 13.1 Å². The maximum atomic E-state index is 12.3. The maximum absolute atomic E-state index is 12.3. The molecule has 7 nitrogen and oxygen atoms in total. The summed E-state index contributed by atoms with van der Waals surface area (Å²) in [5.41, 5.74) is 0.709. The highest BCUT2D eigenvalue weighted by molar-refractivity contribution is 5.93. The van der Waals surface area contributed by atoms with Crippen LogP contribution in [0.2, 0.25) is 0 Å². The fourth-order valence-electron chi connectivity index (χ4n) is 3.68. The number of aromatic nitrogens is 2. The highest BCUT2D eigenvalue weighted by atomic mass is 16.2. The van der Waals surface area contributed by atoms with E-state index in [0.717, 1.165) is 64.1 Å². The van der Waals surface area contributed by atoms with E-state index < -0.39 is 0 Å². The van der Waals surface area contributed by atoms with E-state index in [0.29, 0.717) is 18.0 Å². The Bertz CT molecular complexity index is 607. The molecule has 3 heterocycles. The Balaban J connectivity index is 1.48. The zero-order valence-corrected chi connectivity index (χ0v) is 14.9. The second-order valence-electron chi connectivity index (χ2n) is 6.99. The fraction of sp³-hybridized carbons (Fsp3) is 0.667. The fourth-order valence-corrected chi connectivity index (χ4v) is 3.68. The third-order valence-corrected chi connectivity index (χ3v) is 5.21. The Morgan fingerprint density at radius 1 is 1.20 bits per heavy atom. The number of nitrogens with one attached hydrogen (secondary N) is 1. The van der Waals surface area contributed by atoms with E-state index >= 15 is 0 Å². The van der Waals surface area contributed by atoms with E-state index in [4.69, 9.17) is 0 Å². The van der Waals surface area contributed by atoms with E-state index in [1.165, 1.54) is 6.33 Å². The number of likely N-dealkylation sites (tertiary alicyclic amines) is 1. The number of piperidine rings is 1. The predicted molar refractivity (Wildman–Crippen MR) is 96.3 cm³/mol. The standard InChI is InChI=1S/C18H27N5O2/c1-14(24)22-10-6-15(7-11-22)4-5-17(25)21-16-12-19-13-20-18(16)23-8-2-3-9-23/h12-13,15H,2-11H2,1H3,(H,21,25). The molecule has 0 aliphatic carbocycles. The molecular formula is C18H27N5O2. The Hall–Kier alpha value is -2.18. The van der Waals surface area contributed by atoms with Gasteiger partial charge in [0.05, 0.1) is 6.20 Å². The average molecular weight is 345 g/mol. The van der Waals surface area contributed by atoms with Crippen LogP contribution in [0.5, 0.6) is 0 Å². The minimum atomic E-state index is 0.0178. The molecular weight excluding hydrogens is 318 g/mol. The van der Waals surface area contributed by atoms with Crippen LogP contribution < -0.4 is 10.2 Å². The number of nitrogens with zero attached hydrogens (tertiary/aromatic N) is 4. The van der Waals surface area contributed by atoms with Crippen LogP contribution in [0.15, 0.2) is 12.5 Å². The van der Waals surface area contributed by atoms with Crippen molar-refractivity contribution in [2.24, 2.45) is 5.92 Å². The number of rotatable bonds is 5. The van der Waals surface area contributed by atoms with Gasteiger partial charge < -0.3 is 15.1 Å². The van der Waals surface area contributed by atoms with Crippen molar-refractivity contribution in [3.8, 4) is 0 Å². The lowest BCUT2D eigenvalue weighted by Crippen LogP contribution is -2.37. The lowest BCUT2D eigenvalue weighted by Gasteiger charge is -2.31. The molecule has 2 amide bonds. The Morgan fingerprint density at radius 2 is 1.92 bits per heavy atom. The molecule has 25 heavy (non-hydrogen) atoms. The molecule has 0 radical (unpaired) electrons. The van der Waals surface area contributed by atoms with Gasteiger partial charge in [-0.05, 0) is 38.0 Å². The van der Waals surface area contributed by atoms with Crippen LogP contribution >= 0.6 is 0 Å². The van der Waals surface area contributed by atoms with Crippen molar-refractivity contribution in [2.75, 3.05) is 36.4 Å². The van der Waals surface area contributed by atoms with Gasteiger partial charge in [0, 0.05) is 39.5 Å². The van der Waals surface area contributed by atoms with Crippen LogP contribution in [0.3, 0.4) is 0 Å². The number of amides is 2. The van der Waals surface area contributed by atoms with Gasteiger partial charge in [0.1, 0.15) is 12.0 Å². The number of carbonyl (C=O) groups is 2. The second kappa shape index (κ2) is 8.27. The summed E-state index contributed by atoms with van der Waals surface area (Å²) in [6.07, 6.45) is 8.88. The summed E-state index contributed by atoms with van der Waals surface area (Å²) in [6.45, 7) is 5.21. The lowest BCUT2D eigenvalue weighted by atomic mass is 9.92. The van der Waals surface area contributed by atoms with Crippen molar-refractivity contribution in [1.29, 1.82) is 0 Å². The quantitative estimate of drug-likeness (QED) is 0.884. The Labute approximate surface area is 148 Å². The van der Waals surface area contributed by atoms with Gasteiger partial charge in [-0.15, -0.1) is 0 Å². The molecule has 2 saturated heterocycles. The third kappa shape index (κ3) is 4.67. The maximum Gasteiger partial charge on any atom is 0.224 e. The number of hydrogen-bond acceptors (Lipinski definition) is 5. The van der Waals surface area contributed by atoms with Crippen molar-refractivity contribution in [3.63, 3.8) is 0 Å². The van der Waals surface area contributed by atoms with Gasteiger partial charge in [0.2, 0.25) is 11.8 Å². The molecule has 0 spiro atoms. The van der Waals surface area contributed by atoms with E-state index in [1.807, 2.05) is 4.90 Å². The molecule has 0 aromatic carbocycles. The first-order chi connectivity index (χ1) is 12.1. The van der Waals surface area contributed by atoms with Crippen molar-refractivity contribution >= 4 is 23.3 Å². The van der Waals surface area contributed by atoms with E-state index in [2.05, 4.69) is 20.2 Å². The van der Waals surface area contributed by atoms with Crippen molar-refractivity contribution in [3.05, 3.63) is 12.5 Å². The van der Waals surface area contributed by atoms with Gasteiger partial charge >= 0.3 is 0 Å². The predicted octanol–water partition coefficient (Wildman–Crippen LogP) is 2.05. The molecule has 2 fully saturated rings. The van der Waals surface area contributed by atoms with Crippen LogP contribution in [-0.4, -0.2) is 52.9 Å². The van der Waals surface area contributed by atoms with Gasteiger partial charge in [-0.3, -0.25) is 9.59 Å². The first kappa shape index (κ1) is 17.6. The van der Waals surface area contributed by atoms with Gasteiger partial charge in [0.25, 0.3) is 0 Å². The van der Waals surface area contributed by atoms with Gasteiger partial charge in [-0.25, -0.2) is 9.97 Å². The normalized spacial score (nSPS) is 18.4. The Morgan fingerprint density at radius 3 is 2.60 bits per heavy atom. The van der Waals surface area contributed by atoms with Crippen molar-refractivity contribution < 1.29 is 9.59 Å². The van der Waals surface area contributed by atoms with E-state index in [-0.39, 0.29) is 11.8 Å². The molecule has 2 aliphatic rings. The van der Waals surface area contributed by atoms with Gasteiger partial charge in [-0.2, -0.15) is 0 Å². The highest BCUT2D eigenvalue weighted by Crippen LogP contribution is 2.26. The molecule has 1 aromatic heterocycles. The monoisotopic (exact) mass is 345 g/mol. The molecule has 0 unspecified atom stereocenters. The van der Waals surface area contributed by atoms with Gasteiger partial charge in [0.15, 0.2) is 5.82 Å². The molecule has 0 atom stereocenters. The van der Waals surface area contributed by atoms with E-state index in [9.17, 15) is 9.59 Å². The topological polar surface area (TPSA) is 78.4 Å². The molecule has 7 heteroatoms. The summed E-state index contributed by atoms with van der Waals surface area (Å²) in [5, 5.41) is 2.98. The number of hydrogen-bond donors (Lipinski definition) is 1.